The zero-order chi connectivity index (χ0) is 20.2. The number of fused-ring (bicyclic) bond motifs is 2. The van der Waals surface area contributed by atoms with Gasteiger partial charge < -0.3 is 15.2 Å². The third-order valence-corrected chi connectivity index (χ3v) is 5.17. The molecule has 0 spiro atoms. The van der Waals surface area contributed by atoms with E-state index in [1.54, 1.807) is 42.5 Å². The lowest BCUT2D eigenvalue weighted by molar-refractivity contribution is -0.118. The van der Waals surface area contributed by atoms with Gasteiger partial charge in [0.1, 0.15) is 11.6 Å². The Bertz CT molecular complexity index is 1180. The molecule has 144 valence electrons. The number of ether oxygens (including phenoxy) is 1. The van der Waals surface area contributed by atoms with Gasteiger partial charge in [0.05, 0.1) is 11.4 Å². The first kappa shape index (κ1) is 17.4. The van der Waals surface area contributed by atoms with Gasteiger partial charge in [0, 0.05) is 16.7 Å². The van der Waals surface area contributed by atoms with Gasteiger partial charge in [-0.3, -0.25) is 14.5 Å². The largest absolute Gasteiger partial charge is 0.482 e. The molecule has 1 atom stereocenters. The van der Waals surface area contributed by atoms with Crippen LogP contribution in [0.5, 0.6) is 5.75 Å². The minimum absolute atomic E-state index is 0.0470. The van der Waals surface area contributed by atoms with Crippen LogP contribution in [0.1, 0.15) is 21.5 Å². The Kier molecular flexibility index (Phi) is 3.69. The molecule has 1 unspecified atom stereocenters. The topological polar surface area (TPSA) is 78.9 Å². The minimum Gasteiger partial charge on any atom is -0.482 e. The molecule has 0 saturated heterocycles. The van der Waals surface area contributed by atoms with E-state index in [1.165, 1.54) is 24.3 Å². The van der Waals surface area contributed by atoms with E-state index in [4.69, 9.17) is 4.74 Å². The molecule has 2 aliphatic heterocycles. The van der Waals surface area contributed by atoms with Crippen LogP contribution in [-0.4, -0.2) is 23.5 Å². The van der Waals surface area contributed by atoms with Gasteiger partial charge in [0.2, 0.25) is 0 Å². The highest BCUT2D eigenvalue weighted by Crippen LogP contribution is 2.46. The van der Waals surface area contributed by atoms with Crippen LogP contribution in [0.4, 0.5) is 15.8 Å². The fourth-order valence-corrected chi connectivity index (χ4v) is 3.86. The summed E-state index contributed by atoms with van der Waals surface area (Å²) in [5, 5.41) is 14.6. The maximum atomic E-state index is 14.6. The van der Waals surface area contributed by atoms with E-state index in [9.17, 15) is 19.1 Å². The van der Waals surface area contributed by atoms with E-state index >= 15 is 0 Å². The standard InChI is InChI=1S/C22H15FN2O4/c23-16-7-3-4-8-18(16)25-21(27)14-5-1-2-6-15(14)22(25,28)13-9-10-19-17(11-13)24-20(26)12-29-19/h1-11,28H,12H2,(H,24,26). The highest BCUT2D eigenvalue weighted by Gasteiger charge is 2.51. The molecule has 0 bridgehead atoms. The van der Waals surface area contributed by atoms with Crippen molar-refractivity contribution in [3.63, 3.8) is 0 Å². The molecule has 0 saturated carbocycles. The van der Waals surface area contributed by atoms with Crippen molar-refractivity contribution in [2.75, 3.05) is 16.8 Å². The van der Waals surface area contributed by atoms with Gasteiger partial charge in [-0.25, -0.2) is 4.39 Å². The zero-order valence-corrected chi connectivity index (χ0v) is 15.1. The highest BCUT2D eigenvalue weighted by molar-refractivity contribution is 6.12. The van der Waals surface area contributed by atoms with Crippen molar-refractivity contribution in [3.8, 4) is 5.75 Å². The molecule has 2 aliphatic rings. The Morgan fingerprint density at radius 2 is 1.79 bits per heavy atom. The molecule has 29 heavy (non-hydrogen) atoms. The molecule has 2 N–H and O–H groups in total. The Hall–Kier alpha value is -3.71. The summed E-state index contributed by atoms with van der Waals surface area (Å²) in [6.45, 7) is -0.0979. The van der Waals surface area contributed by atoms with Crippen LogP contribution < -0.4 is 15.0 Å². The number of anilines is 2. The Balaban J connectivity index is 1.75. The van der Waals surface area contributed by atoms with Gasteiger partial charge in [-0.1, -0.05) is 30.3 Å². The molecule has 5 rings (SSSR count). The second-order valence-corrected chi connectivity index (χ2v) is 6.86. The molecule has 2 heterocycles. The summed E-state index contributed by atoms with van der Waals surface area (Å²) in [4.78, 5) is 25.9. The van der Waals surface area contributed by atoms with Gasteiger partial charge in [0.15, 0.2) is 12.3 Å². The summed E-state index contributed by atoms with van der Waals surface area (Å²) in [7, 11) is 0. The number of aliphatic hydroxyl groups is 1. The maximum absolute atomic E-state index is 14.6. The lowest BCUT2D eigenvalue weighted by atomic mass is 9.93. The summed E-state index contributed by atoms with van der Waals surface area (Å²) in [5.74, 6) is -1.03. The number of benzene rings is 3. The van der Waals surface area contributed by atoms with E-state index in [0.29, 0.717) is 22.6 Å². The van der Waals surface area contributed by atoms with Crippen LogP contribution in [0.2, 0.25) is 0 Å². The minimum atomic E-state index is -1.97. The smallest absolute Gasteiger partial charge is 0.262 e. The van der Waals surface area contributed by atoms with Crippen LogP contribution in [0.25, 0.3) is 0 Å². The number of nitrogens with one attached hydrogen (secondary N) is 1. The molecule has 6 nitrogen and oxygen atoms in total. The molecular formula is C22H15FN2O4. The molecular weight excluding hydrogens is 375 g/mol. The number of carbonyl (C=O) groups excluding carboxylic acids is 2. The number of para-hydroxylation sites is 1. The highest BCUT2D eigenvalue weighted by atomic mass is 19.1. The van der Waals surface area contributed by atoms with Gasteiger partial charge in [0.25, 0.3) is 11.8 Å². The van der Waals surface area contributed by atoms with Crippen molar-refractivity contribution in [1.82, 2.24) is 0 Å². The fourth-order valence-electron chi connectivity index (χ4n) is 3.86. The van der Waals surface area contributed by atoms with Crippen molar-refractivity contribution < 1.29 is 23.8 Å². The third kappa shape index (κ3) is 2.44. The fraction of sp³-hybridized carbons (Fsp3) is 0.0909. The lowest BCUT2D eigenvalue weighted by Gasteiger charge is -2.35. The van der Waals surface area contributed by atoms with Crippen molar-refractivity contribution in [2.45, 2.75) is 5.72 Å². The summed E-state index contributed by atoms with van der Waals surface area (Å²) < 4.78 is 20.0. The second kappa shape index (κ2) is 6.15. The average Bonchev–Trinajstić information content (AvgIpc) is 2.96. The number of rotatable bonds is 2. The van der Waals surface area contributed by atoms with E-state index in [-0.39, 0.29) is 23.8 Å². The SMILES string of the molecule is O=C1COc2ccc(C3(O)c4ccccc4C(=O)N3c3ccccc3F)cc2N1. The van der Waals surface area contributed by atoms with Crippen molar-refractivity contribution in [1.29, 1.82) is 0 Å². The normalized spacial score (nSPS) is 20.0. The van der Waals surface area contributed by atoms with E-state index in [0.717, 1.165) is 4.90 Å². The molecule has 0 aliphatic carbocycles. The molecule has 2 amide bonds. The van der Waals surface area contributed by atoms with Crippen LogP contribution in [0.3, 0.4) is 0 Å². The quantitative estimate of drug-likeness (QED) is 0.705. The summed E-state index contributed by atoms with van der Waals surface area (Å²) in [5.41, 5.74) is -0.740. The zero-order valence-electron chi connectivity index (χ0n) is 15.1. The Morgan fingerprint density at radius 1 is 1.03 bits per heavy atom. The van der Waals surface area contributed by atoms with Gasteiger partial charge >= 0.3 is 0 Å². The Labute approximate surface area is 165 Å². The summed E-state index contributed by atoms with van der Waals surface area (Å²) in [6, 6.07) is 17.1. The summed E-state index contributed by atoms with van der Waals surface area (Å²) in [6.07, 6.45) is 0. The number of nitrogens with zero attached hydrogens (tertiary/aromatic N) is 1. The van der Waals surface area contributed by atoms with Crippen molar-refractivity contribution >= 4 is 23.2 Å². The van der Waals surface area contributed by atoms with Crippen LogP contribution >= 0.6 is 0 Å². The van der Waals surface area contributed by atoms with Gasteiger partial charge in [-0.2, -0.15) is 0 Å². The molecule has 0 radical (unpaired) electrons. The molecule has 3 aromatic rings. The van der Waals surface area contributed by atoms with Gasteiger partial charge in [-0.05, 0) is 36.4 Å². The number of halogens is 1. The van der Waals surface area contributed by atoms with E-state index in [2.05, 4.69) is 5.32 Å². The second-order valence-electron chi connectivity index (χ2n) is 6.86. The van der Waals surface area contributed by atoms with Crippen LogP contribution in [0.15, 0.2) is 66.7 Å². The first-order valence-corrected chi connectivity index (χ1v) is 8.98. The molecule has 0 aromatic heterocycles. The van der Waals surface area contributed by atoms with E-state index < -0.39 is 17.4 Å². The van der Waals surface area contributed by atoms with Crippen molar-refractivity contribution in [2.24, 2.45) is 0 Å². The third-order valence-electron chi connectivity index (χ3n) is 5.17. The number of amides is 2. The molecule has 0 fully saturated rings. The maximum Gasteiger partial charge on any atom is 0.262 e. The number of carbonyl (C=O) groups is 2. The lowest BCUT2D eigenvalue weighted by Crippen LogP contribution is -2.45. The predicted octanol–water partition coefficient (Wildman–Crippen LogP) is 3.01. The summed E-state index contributed by atoms with van der Waals surface area (Å²) >= 11 is 0. The van der Waals surface area contributed by atoms with Crippen molar-refractivity contribution in [3.05, 3.63) is 89.2 Å². The van der Waals surface area contributed by atoms with E-state index in [1.807, 2.05) is 0 Å². The average molecular weight is 390 g/mol. The Morgan fingerprint density at radius 3 is 2.62 bits per heavy atom. The number of hydrogen-bond acceptors (Lipinski definition) is 4. The first-order chi connectivity index (χ1) is 14.0. The predicted molar refractivity (Wildman–Crippen MR) is 103 cm³/mol. The molecule has 3 aromatic carbocycles. The molecule has 7 heteroatoms. The van der Waals surface area contributed by atoms with Crippen LogP contribution in [-0.2, 0) is 10.5 Å². The van der Waals surface area contributed by atoms with Gasteiger partial charge in [-0.15, -0.1) is 0 Å². The van der Waals surface area contributed by atoms with Crippen LogP contribution in [0, 0.1) is 5.82 Å². The monoisotopic (exact) mass is 390 g/mol. The first-order valence-electron chi connectivity index (χ1n) is 8.98. The number of hydrogen-bond donors (Lipinski definition) is 2.